The zero-order valence-corrected chi connectivity index (χ0v) is 5.20. The first-order valence-electron chi connectivity index (χ1n) is 2.47. The molecule has 0 saturated carbocycles. The van der Waals surface area contributed by atoms with Crippen LogP contribution in [-0.2, 0) is 0 Å². The lowest BCUT2D eigenvalue weighted by Crippen LogP contribution is -1.67. The Bertz CT molecular complexity index is 154. The normalized spacial score (nSPS) is 13.7. The highest BCUT2D eigenvalue weighted by Gasteiger charge is 1.85. The van der Waals surface area contributed by atoms with Crippen LogP contribution in [0.2, 0.25) is 0 Å². The Balaban J connectivity index is 4.11. The number of allylic oxidation sites excluding steroid dienone is 4. The average Bonchev–Trinajstić information content (AvgIpc) is 1.87. The lowest BCUT2D eigenvalue weighted by molar-refractivity contribution is 0.663. The second-order valence-electron chi connectivity index (χ2n) is 1.59. The molecule has 0 atom stereocenters. The Kier molecular flexibility index (Phi) is 3.60. The van der Waals surface area contributed by atoms with Crippen molar-refractivity contribution >= 4 is 0 Å². The molecule has 0 saturated heterocycles. The molecule has 0 aromatic heterocycles. The van der Waals surface area contributed by atoms with Crippen LogP contribution in [0, 0.1) is 0 Å². The Morgan fingerprint density at radius 2 is 2.11 bits per heavy atom. The summed E-state index contributed by atoms with van der Waals surface area (Å²) in [5.74, 6) is -0.526. The van der Waals surface area contributed by atoms with Crippen LogP contribution in [0.5, 0.6) is 0 Å². The molecule has 0 aliphatic heterocycles. The molecule has 0 radical (unpaired) electrons. The molecule has 0 fully saturated rings. The van der Waals surface area contributed by atoms with E-state index in [4.69, 9.17) is 0 Å². The van der Waals surface area contributed by atoms with Crippen molar-refractivity contribution in [1.29, 1.82) is 0 Å². The Hall–Kier alpha value is -0.920. The highest BCUT2D eigenvalue weighted by Crippen LogP contribution is 2.03. The molecule has 0 heterocycles. The summed E-state index contributed by atoms with van der Waals surface area (Å²) in [5, 5.41) is 0. The van der Waals surface area contributed by atoms with E-state index in [1.165, 1.54) is 6.92 Å². The minimum Gasteiger partial charge on any atom is -0.215 e. The average molecular weight is 130 g/mol. The molecule has 0 aliphatic carbocycles. The largest absolute Gasteiger partial charge is 0.215 e. The van der Waals surface area contributed by atoms with Gasteiger partial charge >= 0.3 is 0 Å². The summed E-state index contributed by atoms with van der Waals surface area (Å²) >= 11 is 0. The van der Waals surface area contributed by atoms with Gasteiger partial charge in [0.15, 0.2) is 0 Å². The van der Waals surface area contributed by atoms with E-state index in [0.717, 1.165) is 12.2 Å². The molecule has 2 heteroatoms. The van der Waals surface area contributed by atoms with Gasteiger partial charge in [-0.3, -0.25) is 0 Å². The fraction of sp³-hybridized carbons (Fsp3) is 0.143. The van der Waals surface area contributed by atoms with Crippen LogP contribution in [0.25, 0.3) is 0 Å². The van der Waals surface area contributed by atoms with Crippen LogP contribution in [0.15, 0.2) is 36.5 Å². The monoisotopic (exact) mass is 130 g/mol. The van der Waals surface area contributed by atoms with E-state index in [9.17, 15) is 8.78 Å². The van der Waals surface area contributed by atoms with Gasteiger partial charge in [0.05, 0.1) is 6.33 Å². The van der Waals surface area contributed by atoms with E-state index in [0.29, 0.717) is 6.33 Å². The van der Waals surface area contributed by atoms with Crippen LogP contribution in [0.4, 0.5) is 8.78 Å². The van der Waals surface area contributed by atoms with E-state index in [-0.39, 0.29) is 5.57 Å². The highest BCUT2D eigenvalue weighted by molar-refractivity contribution is 5.21. The number of halogens is 2. The quantitative estimate of drug-likeness (QED) is 0.504. The van der Waals surface area contributed by atoms with Crippen molar-refractivity contribution in [3.8, 4) is 0 Å². The van der Waals surface area contributed by atoms with E-state index >= 15 is 0 Å². The molecule has 0 nitrogen and oxygen atoms in total. The third-order valence-electron chi connectivity index (χ3n) is 0.733. The second-order valence-corrected chi connectivity index (χ2v) is 1.59. The highest BCUT2D eigenvalue weighted by atomic mass is 19.1. The maximum Gasteiger partial charge on any atom is 0.122 e. The lowest BCUT2D eigenvalue weighted by Gasteiger charge is -1.85. The molecule has 0 aromatic carbocycles. The third kappa shape index (κ3) is 3.64. The van der Waals surface area contributed by atoms with Crippen LogP contribution >= 0.6 is 0 Å². The van der Waals surface area contributed by atoms with Gasteiger partial charge in [0.25, 0.3) is 0 Å². The van der Waals surface area contributed by atoms with E-state index in [1.54, 1.807) is 0 Å². The van der Waals surface area contributed by atoms with Gasteiger partial charge in [-0.15, -0.1) is 0 Å². The topological polar surface area (TPSA) is 0 Å². The summed E-state index contributed by atoms with van der Waals surface area (Å²) in [7, 11) is 0. The number of hydrogen-bond acceptors (Lipinski definition) is 0. The van der Waals surface area contributed by atoms with Gasteiger partial charge in [-0.05, 0) is 24.6 Å². The van der Waals surface area contributed by atoms with Crippen molar-refractivity contribution in [3.63, 3.8) is 0 Å². The number of rotatable bonds is 2. The summed E-state index contributed by atoms with van der Waals surface area (Å²) in [5.41, 5.74) is 0.243. The first kappa shape index (κ1) is 8.08. The maximum absolute atomic E-state index is 12.1. The summed E-state index contributed by atoms with van der Waals surface area (Å²) in [6.45, 7) is 4.62. The van der Waals surface area contributed by atoms with E-state index < -0.39 is 5.83 Å². The van der Waals surface area contributed by atoms with Crippen LogP contribution in [0.3, 0.4) is 0 Å². The standard InChI is InChI=1S/C7H8F2/c1-3-7(9)4-6(2)5-8/h3-5H,1H2,2H3/b6-5+,7-4+. The van der Waals surface area contributed by atoms with Crippen molar-refractivity contribution < 1.29 is 8.78 Å². The van der Waals surface area contributed by atoms with Crippen LogP contribution in [-0.4, -0.2) is 0 Å². The predicted octanol–water partition coefficient (Wildman–Crippen LogP) is 2.90. The van der Waals surface area contributed by atoms with Gasteiger partial charge in [0.2, 0.25) is 0 Å². The second kappa shape index (κ2) is 4.01. The molecule has 9 heavy (non-hydrogen) atoms. The van der Waals surface area contributed by atoms with Gasteiger partial charge in [0, 0.05) is 0 Å². The van der Waals surface area contributed by atoms with E-state index in [2.05, 4.69) is 6.58 Å². The fourth-order valence-corrected chi connectivity index (χ4v) is 0.308. The molecular formula is C7H8F2. The minimum absolute atomic E-state index is 0.243. The van der Waals surface area contributed by atoms with E-state index in [1.807, 2.05) is 0 Å². The first-order chi connectivity index (χ1) is 4.20. The van der Waals surface area contributed by atoms with Crippen molar-refractivity contribution in [3.05, 3.63) is 36.5 Å². The molecule has 0 aromatic rings. The summed E-state index contributed by atoms with van der Waals surface area (Å²) in [4.78, 5) is 0. The smallest absolute Gasteiger partial charge is 0.122 e. The van der Waals surface area contributed by atoms with Crippen molar-refractivity contribution in [2.75, 3.05) is 0 Å². The third-order valence-corrected chi connectivity index (χ3v) is 0.733. The Morgan fingerprint density at radius 1 is 1.56 bits per heavy atom. The number of hydrogen-bond donors (Lipinski definition) is 0. The predicted molar refractivity (Wildman–Crippen MR) is 34.3 cm³/mol. The summed E-state index contributed by atoms with van der Waals surface area (Å²) in [6, 6.07) is 0. The van der Waals surface area contributed by atoms with Crippen molar-refractivity contribution in [2.45, 2.75) is 6.92 Å². The SMILES string of the molecule is C=C/C(F)=C\C(C)=C\F. The molecule has 0 unspecified atom stereocenters. The van der Waals surface area contributed by atoms with Crippen LogP contribution < -0.4 is 0 Å². The van der Waals surface area contributed by atoms with Crippen molar-refractivity contribution in [1.82, 2.24) is 0 Å². The maximum atomic E-state index is 12.1. The van der Waals surface area contributed by atoms with Gasteiger partial charge in [-0.25, -0.2) is 8.78 Å². The fourth-order valence-electron chi connectivity index (χ4n) is 0.308. The minimum atomic E-state index is -0.526. The van der Waals surface area contributed by atoms with Crippen molar-refractivity contribution in [2.24, 2.45) is 0 Å². The first-order valence-corrected chi connectivity index (χ1v) is 2.47. The van der Waals surface area contributed by atoms with Gasteiger partial charge in [-0.1, -0.05) is 6.58 Å². The van der Waals surface area contributed by atoms with Gasteiger partial charge in [-0.2, -0.15) is 0 Å². The lowest BCUT2D eigenvalue weighted by atomic mass is 10.3. The molecule has 0 spiro atoms. The molecule has 0 rings (SSSR count). The molecule has 0 amide bonds. The molecular weight excluding hydrogens is 122 g/mol. The molecule has 0 N–H and O–H groups in total. The molecule has 0 aliphatic rings. The zero-order chi connectivity index (χ0) is 7.28. The van der Waals surface area contributed by atoms with Gasteiger partial charge in [0.1, 0.15) is 5.83 Å². The Labute approximate surface area is 53.2 Å². The molecule has 0 bridgehead atoms. The zero-order valence-electron chi connectivity index (χ0n) is 5.20. The molecule has 50 valence electrons. The van der Waals surface area contributed by atoms with Gasteiger partial charge < -0.3 is 0 Å². The summed E-state index contributed by atoms with van der Waals surface area (Å²) < 4.78 is 23.6. The van der Waals surface area contributed by atoms with Crippen LogP contribution in [0.1, 0.15) is 6.92 Å². The summed E-state index contributed by atoms with van der Waals surface area (Å²) in [6.07, 6.45) is 2.42. The Morgan fingerprint density at radius 3 is 2.44 bits per heavy atom.